The lowest BCUT2D eigenvalue weighted by Crippen LogP contribution is -2.56. The molecule has 0 aromatic heterocycles. The third-order valence-corrected chi connectivity index (χ3v) is 4.95. The van der Waals surface area contributed by atoms with Crippen LogP contribution < -0.4 is 20.7 Å². The van der Waals surface area contributed by atoms with Crippen molar-refractivity contribution in [3.8, 4) is 5.75 Å². The molecule has 9 heteroatoms. The number of halogens is 3. The van der Waals surface area contributed by atoms with Gasteiger partial charge in [0, 0.05) is 5.69 Å². The van der Waals surface area contributed by atoms with Gasteiger partial charge in [-0.1, -0.05) is 59.1 Å². The van der Waals surface area contributed by atoms with Crippen LogP contribution in [0.3, 0.4) is 0 Å². The lowest BCUT2D eigenvalue weighted by atomic mass is 10.1. The Balaban J connectivity index is 2.01. The van der Waals surface area contributed by atoms with Gasteiger partial charge in [-0.15, -0.1) is 0 Å². The Morgan fingerprint density at radius 3 is 2.34 bits per heavy atom. The van der Waals surface area contributed by atoms with E-state index < -0.39 is 9.96 Å². The van der Waals surface area contributed by atoms with Gasteiger partial charge in [0.25, 0.3) is 0 Å². The molecule has 3 N–H and O–H groups in total. The first-order valence-corrected chi connectivity index (χ1v) is 10.3. The molecule has 0 spiro atoms. The van der Waals surface area contributed by atoms with Crippen LogP contribution in [0.5, 0.6) is 5.75 Å². The molecule has 5 nitrogen and oxygen atoms in total. The highest BCUT2D eigenvalue weighted by Crippen LogP contribution is 2.29. The lowest BCUT2D eigenvalue weighted by molar-refractivity contribution is -0.121. The quantitative estimate of drug-likeness (QED) is 0.323. The Bertz CT molecular complexity index is 870. The van der Waals surface area contributed by atoms with Crippen molar-refractivity contribution < 1.29 is 9.53 Å². The number of benzene rings is 2. The Morgan fingerprint density at radius 1 is 1.10 bits per heavy atom. The molecule has 1 amide bonds. The molecule has 0 fully saturated rings. The van der Waals surface area contributed by atoms with Crippen LogP contribution in [0.4, 0.5) is 5.69 Å². The number of carbonyl (C=O) groups excluding carboxylic acids is 1. The van der Waals surface area contributed by atoms with Crippen molar-refractivity contribution in [2.45, 2.75) is 30.2 Å². The summed E-state index contributed by atoms with van der Waals surface area (Å²) in [7, 11) is 1.58. The maximum Gasteiger partial charge on any atom is 0.228 e. The van der Waals surface area contributed by atoms with Gasteiger partial charge in [-0.25, -0.2) is 0 Å². The molecule has 2 rings (SSSR count). The molecule has 0 aliphatic heterocycles. The minimum absolute atomic E-state index is 0.111. The van der Waals surface area contributed by atoms with Crippen LogP contribution in [-0.2, 0) is 11.2 Å². The number of ether oxygens (including phenoxy) is 1. The van der Waals surface area contributed by atoms with Gasteiger partial charge in [0.15, 0.2) is 5.11 Å². The van der Waals surface area contributed by atoms with Crippen molar-refractivity contribution >= 4 is 63.7 Å². The molecule has 0 aliphatic rings. The molecule has 29 heavy (non-hydrogen) atoms. The maximum absolute atomic E-state index is 12.4. The van der Waals surface area contributed by atoms with Crippen molar-refractivity contribution in [1.82, 2.24) is 10.6 Å². The summed E-state index contributed by atoms with van der Waals surface area (Å²) in [4.78, 5) is 12.4. The molecule has 2 aromatic rings. The van der Waals surface area contributed by atoms with Crippen molar-refractivity contribution in [3.05, 3.63) is 59.2 Å². The molecule has 1 atom stereocenters. The maximum atomic E-state index is 12.4. The number of nitrogens with one attached hydrogen (secondary N) is 3. The summed E-state index contributed by atoms with van der Waals surface area (Å²) >= 11 is 23.4. The number of carbonyl (C=O) groups is 1. The van der Waals surface area contributed by atoms with E-state index in [-0.39, 0.29) is 17.4 Å². The first-order chi connectivity index (χ1) is 13.6. The number of alkyl halides is 3. The van der Waals surface area contributed by atoms with E-state index in [4.69, 9.17) is 51.8 Å². The van der Waals surface area contributed by atoms with Gasteiger partial charge in [0.05, 0.1) is 13.5 Å². The molecule has 0 aliphatic carbocycles. The highest BCUT2D eigenvalue weighted by atomic mass is 35.6. The number of anilines is 1. The largest absolute Gasteiger partial charge is 0.497 e. The summed E-state index contributed by atoms with van der Waals surface area (Å²) in [5, 5.41) is 8.82. The lowest BCUT2D eigenvalue weighted by Gasteiger charge is -2.28. The van der Waals surface area contributed by atoms with Gasteiger partial charge in [0.2, 0.25) is 9.70 Å². The summed E-state index contributed by atoms with van der Waals surface area (Å²) in [6.07, 6.45) is -0.913. The summed E-state index contributed by atoms with van der Waals surface area (Å²) in [6, 6.07) is 13.1. The fraction of sp³-hybridized carbons (Fsp3) is 0.300. The Labute approximate surface area is 191 Å². The fourth-order valence-electron chi connectivity index (χ4n) is 2.50. The fourth-order valence-corrected chi connectivity index (χ4v) is 3.06. The summed E-state index contributed by atoms with van der Waals surface area (Å²) in [5.74, 6) is 0.381. The third kappa shape index (κ3) is 7.55. The summed E-state index contributed by atoms with van der Waals surface area (Å²) in [6.45, 7) is 3.93. The first kappa shape index (κ1) is 23.5. The predicted octanol–water partition coefficient (Wildman–Crippen LogP) is 4.65. The smallest absolute Gasteiger partial charge is 0.228 e. The number of hydrogen-bond donors (Lipinski definition) is 3. The van der Waals surface area contributed by atoms with Crippen molar-refractivity contribution in [2.75, 3.05) is 12.4 Å². The van der Waals surface area contributed by atoms with E-state index in [0.29, 0.717) is 5.75 Å². The molecule has 0 saturated heterocycles. The van der Waals surface area contributed by atoms with E-state index in [1.165, 1.54) is 0 Å². The minimum atomic E-state index is -1.82. The van der Waals surface area contributed by atoms with Gasteiger partial charge < -0.3 is 20.7 Å². The second-order valence-electron chi connectivity index (χ2n) is 6.48. The van der Waals surface area contributed by atoms with Crippen LogP contribution in [0.25, 0.3) is 0 Å². The van der Waals surface area contributed by atoms with Gasteiger partial charge >= 0.3 is 0 Å². The molecule has 0 heterocycles. The van der Waals surface area contributed by atoms with Crippen LogP contribution in [0.15, 0.2) is 42.5 Å². The zero-order valence-electron chi connectivity index (χ0n) is 16.2. The van der Waals surface area contributed by atoms with E-state index >= 15 is 0 Å². The van der Waals surface area contributed by atoms with Crippen LogP contribution in [0.2, 0.25) is 0 Å². The van der Waals surface area contributed by atoms with Crippen LogP contribution in [-0.4, -0.2) is 28.1 Å². The van der Waals surface area contributed by atoms with Crippen molar-refractivity contribution in [3.63, 3.8) is 0 Å². The molecule has 2 aromatic carbocycles. The second-order valence-corrected chi connectivity index (χ2v) is 9.26. The van der Waals surface area contributed by atoms with Crippen LogP contribution >= 0.6 is 47.0 Å². The normalized spacial score (nSPS) is 12.1. The van der Waals surface area contributed by atoms with E-state index in [0.717, 1.165) is 22.4 Å². The molecule has 156 valence electrons. The Morgan fingerprint density at radius 2 is 1.76 bits per heavy atom. The van der Waals surface area contributed by atoms with Gasteiger partial charge in [-0.05, 0) is 61.0 Å². The number of aryl methyl sites for hydroxylation is 2. The van der Waals surface area contributed by atoms with E-state index in [1.807, 2.05) is 32.0 Å². The standard InChI is InChI=1S/C20H22Cl3N3O2S/c1-12-4-5-13(2)16(10-12)24-19(29)26-18(20(21,22)23)25-17(27)11-14-6-8-15(28-3)9-7-14/h4-10,18H,11H2,1-3H3,(H,25,27)(H2,24,26,29). The van der Waals surface area contributed by atoms with E-state index in [1.54, 1.807) is 31.4 Å². The molecule has 1 unspecified atom stereocenters. The topological polar surface area (TPSA) is 62.4 Å². The van der Waals surface area contributed by atoms with Gasteiger partial charge in [0.1, 0.15) is 11.9 Å². The Hall–Kier alpha value is -1.73. The van der Waals surface area contributed by atoms with Gasteiger partial charge in [-0.2, -0.15) is 0 Å². The Kier molecular flexibility index (Phi) is 8.40. The highest BCUT2D eigenvalue weighted by molar-refractivity contribution is 7.80. The minimum Gasteiger partial charge on any atom is -0.497 e. The number of methoxy groups -OCH3 is 1. The molecule has 0 saturated carbocycles. The summed E-state index contributed by atoms with van der Waals surface area (Å²) in [5.41, 5.74) is 3.71. The second kappa shape index (κ2) is 10.3. The molecule has 0 bridgehead atoms. The zero-order valence-corrected chi connectivity index (χ0v) is 19.3. The number of amides is 1. The van der Waals surface area contributed by atoms with Crippen LogP contribution in [0.1, 0.15) is 16.7 Å². The number of rotatable bonds is 6. The zero-order chi connectivity index (χ0) is 21.6. The van der Waals surface area contributed by atoms with Crippen molar-refractivity contribution in [1.29, 1.82) is 0 Å². The molecular weight excluding hydrogens is 453 g/mol. The third-order valence-electron chi connectivity index (χ3n) is 4.07. The SMILES string of the molecule is COc1ccc(CC(=O)NC(NC(=S)Nc2cc(C)ccc2C)C(Cl)(Cl)Cl)cc1. The first-order valence-electron chi connectivity index (χ1n) is 8.72. The average Bonchev–Trinajstić information content (AvgIpc) is 2.64. The van der Waals surface area contributed by atoms with E-state index in [9.17, 15) is 4.79 Å². The molecular formula is C20H22Cl3N3O2S. The highest BCUT2D eigenvalue weighted by Gasteiger charge is 2.34. The monoisotopic (exact) mass is 473 g/mol. The molecule has 0 radical (unpaired) electrons. The number of hydrogen-bond acceptors (Lipinski definition) is 3. The summed E-state index contributed by atoms with van der Waals surface area (Å²) < 4.78 is 3.29. The number of thiocarbonyl (C=S) groups is 1. The van der Waals surface area contributed by atoms with Gasteiger partial charge in [-0.3, -0.25) is 4.79 Å². The average molecular weight is 475 g/mol. The van der Waals surface area contributed by atoms with E-state index in [2.05, 4.69) is 16.0 Å². The predicted molar refractivity (Wildman–Crippen MR) is 124 cm³/mol. The van der Waals surface area contributed by atoms with Crippen molar-refractivity contribution in [2.24, 2.45) is 0 Å². The van der Waals surface area contributed by atoms with Crippen LogP contribution in [0, 0.1) is 13.8 Å².